The Bertz CT molecular complexity index is 825. The smallest absolute Gasteiger partial charge is 0.326 e. The average molecular weight is 590 g/mol. The third-order valence-corrected chi connectivity index (χ3v) is 7.59. The summed E-state index contributed by atoms with van der Waals surface area (Å²) in [7, 11) is 0. The predicted octanol–water partition coefficient (Wildman–Crippen LogP) is 2.57. The van der Waals surface area contributed by atoms with Crippen LogP contribution in [0, 0.1) is 5.92 Å². The van der Waals surface area contributed by atoms with Gasteiger partial charge in [-0.05, 0) is 19.8 Å². The number of carboxylic acids is 3. The van der Waals surface area contributed by atoms with Gasteiger partial charge < -0.3 is 31.7 Å². The average Bonchev–Trinajstić information content (AvgIpc) is 2.88. The highest BCUT2D eigenvalue weighted by atomic mass is 32.2. The topological polar surface area (TPSA) is 213 Å². The second kappa shape index (κ2) is 22.1. The van der Waals surface area contributed by atoms with Crippen molar-refractivity contribution in [3.05, 3.63) is 0 Å². The van der Waals surface area contributed by atoms with E-state index in [1.165, 1.54) is 39.0 Å². The number of rotatable bonds is 25. The second-order valence-electron chi connectivity index (χ2n) is 10.1. The Kier molecular flexibility index (Phi) is 20.6. The zero-order valence-electron chi connectivity index (χ0n) is 23.7. The summed E-state index contributed by atoms with van der Waals surface area (Å²) in [6.07, 6.45) is 9.31. The van der Waals surface area contributed by atoms with Crippen LogP contribution >= 0.6 is 11.8 Å². The quantitative estimate of drug-likeness (QED) is 0.0851. The van der Waals surface area contributed by atoms with Crippen molar-refractivity contribution in [2.75, 3.05) is 11.5 Å². The Hall–Kier alpha value is -2.67. The van der Waals surface area contributed by atoms with E-state index in [4.69, 9.17) is 15.9 Å². The molecule has 0 radical (unpaired) electrons. The monoisotopic (exact) mass is 589 g/mol. The number of nitrogens with one attached hydrogen (secondary N) is 2. The van der Waals surface area contributed by atoms with E-state index in [1.54, 1.807) is 0 Å². The fourth-order valence-corrected chi connectivity index (χ4v) is 4.92. The highest BCUT2D eigenvalue weighted by Gasteiger charge is 2.27. The summed E-state index contributed by atoms with van der Waals surface area (Å²) < 4.78 is 0. The number of thioether (sulfide) groups is 1. The molecule has 0 aliphatic carbocycles. The Labute approximate surface area is 240 Å². The standard InChI is InChI=1S/C27H47N3O9S/c1-3-4-5-6-7-8-9-10-11-12-23(32)30-22(27(38)39)14-13-20(31)15-19(16-40-17-21(28)26(36)37)24(33)29-18(2)25(34)35/h18-19,21-22H,3-17,28H2,1-2H3,(H,29,33)(H,30,32)(H,34,35)(H,36,37)(H,38,39)/t18-,19-,21+,22-/m1/s1. The number of aliphatic carboxylic acids is 3. The van der Waals surface area contributed by atoms with Crippen LogP contribution in [0.25, 0.3) is 0 Å². The van der Waals surface area contributed by atoms with Crippen LogP contribution in [0.3, 0.4) is 0 Å². The molecule has 0 saturated heterocycles. The van der Waals surface area contributed by atoms with Crippen LogP contribution in [-0.2, 0) is 28.8 Å². The van der Waals surface area contributed by atoms with Crippen LogP contribution in [0.1, 0.15) is 97.3 Å². The number of Topliss-reactive ketones (excluding diaryl/α,β-unsaturated/α-hetero) is 1. The van der Waals surface area contributed by atoms with Crippen molar-refractivity contribution in [3.8, 4) is 0 Å². The zero-order valence-corrected chi connectivity index (χ0v) is 24.5. The first-order chi connectivity index (χ1) is 18.9. The molecule has 0 aromatic carbocycles. The number of carboxylic acid groups (broad SMARTS) is 3. The summed E-state index contributed by atoms with van der Waals surface area (Å²) in [5.74, 6) is -6.24. The van der Waals surface area contributed by atoms with Crippen LogP contribution in [0.15, 0.2) is 0 Å². The summed E-state index contributed by atoms with van der Waals surface area (Å²) in [6.45, 7) is 3.44. The van der Waals surface area contributed by atoms with Crippen molar-refractivity contribution in [1.82, 2.24) is 10.6 Å². The zero-order chi connectivity index (χ0) is 30.5. The van der Waals surface area contributed by atoms with E-state index >= 15 is 0 Å². The van der Waals surface area contributed by atoms with Gasteiger partial charge in [-0.3, -0.25) is 24.0 Å². The molecule has 230 valence electrons. The summed E-state index contributed by atoms with van der Waals surface area (Å²) in [5.41, 5.74) is 5.47. The third-order valence-electron chi connectivity index (χ3n) is 6.36. The Morgan fingerprint density at radius 2 is 1.32 bits per heavy atom. The maximum Gasteiger partial charge on any atom is 0.326 e. The van der Waals surface area contributed by atoms with Crippen LogP contribution in [0.4, 0.5) is 0 Å². The number of hydrogen-bond donors (Lipinski definition) is 6. The molecule has 0 aromatic rings. The molecule has 4 atom stereocenters. The molecule has 0 spiro atoms. The lowest BCUT2D eigenvalue weighted by molar-refractivity contribution is -0.142. The van der Waals surface area contributed by atoms with Crippen LogP contribution in [0.5, 0.6) is 0 Å². The molecular formula is C27H47N3O9S. The van der Waals surface area contributed by atoms with E-state index in [-0.39, 0.29) is 37.2 Å². The van der Waals surface area contributed by atoms with Gasteiger partial charge in [0.2, 0.25) is 11.8 Å². The molecule has 0 aromatic heterocycles. The molecule has 40 heavy (non-hydrogen) atoms. The van der Waals surface area contributed by atoms with Crippen molar-refractivity contribution in [2.24, 2.45) is 11.7 Å². The molecule has 13 heteroatoms. The molecule has 0 aliphatic heterocycles. The van der Waals surface area contributed by atoms with Crippen molar-refractivity contribution in [2.45, 2.75) is 115 Å². The number of unbranched alkanes of at least 4 members (excludes halogenated alkanes) is 8. The molecule has 12 nitrogen and oxygen atoms in total. The van der Waals surface area contributed by atoms with Crippen molar-refractivity contribution in [1.29, 1.82) is 0 Å². The van der Waals surface area contributed by atoms with E-state index in [0.717, 1.165) is 31.0 Å². The number of ketones is 1. The van der Waals surface area contributed by atoms with Crippen molar-refractivity contribution < 1.29 is 44.1 Å². The van der Waals surface area contributed by atoms with E-state index in [1.807, 2.05) is 0 Å². The largest absolute Gasteiger partial charge is 0.480 e. The lowest BCUT2D eigenvalue weighted by atomic mass is 9.98. The third kappa shape index (κ3) is 18.6. The molecule has 7 N–H and O–H groups in total. The minimum absolute atomic E-state index is 0.0166. The van der Waals surface area contributed by atoms with Crippen LogP contribution in [-0.4, -0.2) is 80.5 Å². The summed E-state index contributed by atoms with van der Waals surface area (Å²) >= 11 is 1.04. The first-order valence-electron chi connectivity index (χ1n) is 14.0. The second-order valence-corrected chi connectivity index (χ2v) is 11.1. The van der Waals surface area contributed by atoms with Crippen molar-refractivity contribution >= 4 is 47.3 Å². The molecule has 0 rings (SSSR count). The molecule has 0 fully saturated rings. The van der Waals surface area contributed by atoms with E-state index in [0.29, 0.717) is 6.42 Å². The number of nitrogens with two attached hydrogens (primary N) is 1. The molecular weight excluding hydrogens is 542 g/mol. The number of amides is 2. The lowest BCUT2D eigenvalue weighted by Crippen LogP contribution is -2.43. The Morgan fingerprint density at radius 3 is 1.85 bits per heavy atom. The van der Waals surface area contributed by atoms with Gasteiger partial charge in [0.25, 0.3) is 0 Å². The van der Waals surface area contributed by atoms with Gasteiger partial charge in [-0.15, -0.1) is 0 Å². The van der Waals surface area contributed by atoms with Gasteiger partial charge in [-0.2, -0.15) is 11.8 Å². The Balaban J connectivity index is 4.71. The van der Waals surface area contributed by atoms with E-state index in [2.05, 4.69) is 17.6 Å². The molecule has 0 aliphatic rings. The summed E-state index contributed by atoms with van der Waals surface area (Å²) in [5, 5.41) is 32.2. The van der Waals surface area contributed by atoms with Gasteiger partial charge in [0.05, 0.1) is 5.92 Å². The minimum Gasteiger partial charge on any atom is -0.480 e. The molecule has 0 saturated carbocycles. The van der Waals surface area contributed by atoms with Gasteiger partial charge in [-0.25, -0.2) is 4.79 Å². The van der Waals surface area contributed by atoms with Crippen LogP contribution in [0.2, 0.25) is 0 Å². The maximum absolute atomic E-state index is 12.6. The first kappa shape index (κ1) is 37.3. The fraction of sp³-hybridized carbons (Fsp3) is 0.778. The van der Waals surface area contributed by atoms with Gasteiger partial charge in [0, 0.05) is 30.8 Å². The molecule has 0 unspecified atom stereocenters. The minimum atomic E-state index is -1.27. The predicted molar refractivity (Wildman–Crippen MR) is 152 cm³/mol. The van der Waals surface area contributed by atoms with Gasteiger partial charge in [0.15, 0.2) is 0 Å². The number of carbonyl (C=O) groups excluding carboxylic acids is 3. The lowest BCUT2D eigenvalue weighted by Gasteiger charge is -2.19. The molecule has 2 amide bonds. The summed E-state index contributed by atoms with van der Waals surface area (Å²) in [4.78, 5) is 71.1. The van der Waals surface area contributed by atoms with Gasteiger partial charge in [0.1, 0.15) is 23.9 Å². The normalized spacial score (nSPS) is 14.0. The molecule has 0 heterocycles. The van der Waals surface area contributed by atoms with E-state index in [9.17, 15) is 33.9 Å². The number of hydrogen-bond acceptors (Lipinski definition) is 8. The number of carbonyl (C=O) groups is 6. The fourth-order valence-electron chi connectivity index (χ4n) is 3.83. The van der Waals surface area contributed by atoms with Gasteiger partial charge >= 0.3 is 17.9 Å². The van der Waals surface area contributed by atoms with Gasteiger partial charge in [-0.1, -0.05) is 58.3 Å². The highest BCUT2D eigenvalue weighted by molar-refractivity contribution is 7.99. The van der Waals surface area contributed by atoms with Crippen LogP contribution < -0.4 is 16.4 Å². The first-order valence-corrected chi connectivity index (χ1v) is 15.2. The van der Waals surface area contributed by atoms with E-state index < -0.39 is 59.5 Å². The highest BCUT2D eigenvalue weighted by Crippen LogP contribution is 2.17. The SMILES string of the molecule is CCCCCCCCCCCC(=O)N[C@H](CCC(=O)C[C@H](CSC[C@H](N)C(=O)O)C(=O)N[C@H](C)C(=O)O)C(=O)O. The van der Waals surface area contributed by atoms with Crippen molar-refractivity contribution in [3.63, 3.8) is 0 Å². The summed E-state index contributed by atoms with van der Waals surface area (Å²) in [6, 6.07) is -3.62. The Morgan fingerprint density at radius 1 is 0.750 bits per heavy atom. The maximum atomic E-state index is 12.6. The molecule has 0 bridgehead atoms.